The van der Waals surface area contributed by atoms with Crippen molar-refractivity contribution in [2.75, 3.05) is 36.8 Å². The van der Waals surface area contributed by atoms with Crippen molar-refractivity contribution in [1.82, 2.24) is 20.5 Å². The van der Waals surface area contributed by atoms with Crippen molar-refractivity contribution in [2.45, 2.75) is 37.4 Å². The van der Waals surface area contributed by atoms with E-state index >= 15 is 0 Å². The van der Waals surface area contributed by atoms with Crippen molar-refractivity contribution in [1.29, 1.82) is 0 Å². The number of hydrogen-bond donors (Lipinski definition) is 3. The third-order valence-corrected chi connectivity index (χ3v) is 6.66. The number of anilines is 2. The zero-order valence-electron chi connectivity index (χ0n) is 17.8. The Morgan fingerprint density at radius 3 is 2.69 bits per heavy atom. The van der Waals surface area contributed by atoms with E-state index in [1.807, 2.05) is 6.07 Å². The summed E-state index contributed by atoms with van der Waals surface area (Å²) >= 11 is 0. The minimum absolute atomic E-state index is 0.0653. The van der Waals surface area contributed by atoms with Crippen LogP contribution in [0.4, 0.5) is 15.9 Å². The maximum absolute atomic E-state index is 13.2. The van der Waals surface area contributed by atoms with Crippen molar-refractivity contribution in [3.63, 3.8) is 0 Å². The molecule has 2 unspecified atom stereocenters. The first-order valence-electron chi connectivity index (χ1n) is 11.1. The molecule has 1 aliphatic carbocycles. The van der Waals surface area contributed by atoms with Gasteiger partial charge in [-0.05, 0) is 55.2 Å². The molecule has 5 rings (SSSR count). The number of fused-ring (bicyclic) bond motifs is 1. The fraction of sp³-hybridized carbons (Fsp3) is 0.435. The smallest absolute Gasteiger partial charge is 0.243 e. The first kappa shape index (κ1) is 20.7. The molecule has 0 radical (unpaired) electrons. The van der Waals surface area contributed by atoms with E-state index in [9.17, 15) is 14.0 Å². The number of benzene rings is 1. The summed E-state index contributed by atoms with van der Waals surface area (Å²) in [5, 5.41) is 6.38. The number of rotatable bonds is 4. The zero-order chi connectivity index (χ0) is 22.2. The number of halogens is 1. The van der Waals surface area contributed by atoms with Crippen molar-refractivity contribution in [3.05, 3.63) is 53.5 Å². The number of nitrogens with two attached hydrogens (primary N) is 1. The molecule has 9 heteroatoms. The fourth-order valence-electron chi connectivity index (χ4n) is 4.83. The summed E-state index contributed by atoms with van der Waals surface area (Å²) in [4.78, 5) is 34.2. The van der Waals surface area contributed by atoms with Crippen molar-refractivity contribution < 1.29 is 14.0 Å². The van der Waals surface area contributed by atoms with Crippen LogP contribution in [-0.2, 0) is 16.0 Å². The summed E-state index contributed by atoms with van der Waals surface area (Å²) in [6, 6.07) is 9.04. The Morgan fingerprint density at radius 2 is 1.94 bits per heavy atom. The minimum atomic E-state index is -0.448. The summed E-state index contributed by atoms with van der Waals surface area (Å²) in [5.41, 5.74) is 8.59. The molecule has 3 atom stereocenters. The van der Waals surface area contributed by atoms with E-state index in [2.05, 4.69) is 20.5 Å². The number of nitrogen functional groups attached to an aromatic ring is 1. The van der Waals surface area contributed by atoms with Gasteiger partial charge in [0.15, 0.2) is 0 Å². The predicted octanol–water partition coefficient (Wildman–Crippen LogP) is 0.986. The van der Waals surface area contributed by atoms with Gasteiger partial charge in [-0.3, -0.25) is 9.59 Å². The van der Waals surface area contributed by atoms with Crippen LogP contribution in [0.1, 0.15) is 30.1 Å². The van der Waals surface area contributed by atoms with Crippen molar-refractivity contribution in [2.24, 2.45) is 0 Å². The zero-order valence-corrected chi connectivity index (χ0v) is 17.8. The summed E-state index contributed by atoms with van der Waals surface area (Å²) in [7, 11) is 0. The lowest BCUT2D eigenvalue weighted by molar-refractivity contribution is -0.149. The Balaban J connectivity index is 1.21. The molecule has 4 N–H and O–H groups in total. The molecule has 0 spiro atoms. The van der Waals surface area contributed by atoms with Crippen LogP contribution in [0, 0.1) is 5.82 Å². The standard InChI is InChI=1S/C23H27FN6O2/c24-14-1-3-15(4-2-14)29-12-10-26-19(13-29)23(32)30-11-9-20(30)22(31)28-18-7-6-17-16(18)5-8-21(25)27-17/h1-5,8,18-20,26H,6-7,9-13H2,(H2,25,27)(H,28,31)/t18?,19?,20-/m0/s1. The van der Waals surface area contributed by atoms with Crippen LogP contribution in [-0.4, -0.2) is 60.0 Å². The number of aromatic nitrogens is 1. The third-order valence-electron chi connectivity index (χ3n) is 6.66. The highest BCUT2D eigenvalue weighted by atomic mass is 19.1. The topological polar surface area (TPSA) is 104 Å². The maximum Gasteiger partial charge on any atom is 0.243 e. The summed E-state index contributed by atoms with van der Waals surface area (Å²) < 4.78 is 13.2. The molecule has 2 aliphatic heterocycles. The number of carbonyl (C=O) groups is 2. The van der Waals surface area contributed by atoms with Gasteiger partial charge in [-0.2, -0.15) is 0 Å². The lowest BCUT2D eigenvalue weighted by Gasteiger charge is -2.44. The van der Waals surface area contributed by atoms with Gasteiger partial charge in [-0.25, -0.2) is 9.37 Å². The van der Waals surface area contributed by atoms with Crippen molar-refractivity contribution >= 4 is 23.3 Å². The van der Waals surface area contributed by atoms with Gasteiger partial charge in [0.05, 0.1) is 6.04 Å². The molecule has 2 saturated heterocycles. The number of hydrogen-bond acceptors (Lipinski definition) is 6. The Morgan fingerprint density at radius 1 is 1.12 bits per heavy atom. The van der Waals surface area contributed by atoms with Gasteiger partial charge in [0.2, 0.25) is 11.8 Å². The lowest BCUT2D eigenvalue weighted by atomic mass is 9.98. The Hall–Kier alpha value is -3.20. The van der Waals surface area contributed by atoms with Gasteiger partial charge < -0.3 is 26.2 Å². The molecule has 2 aromatic rings. The fourth-order valence-corrected chi connectivity index (χ4v) is 4.83. The second-order valence-corrected chi connectivity index (χ2v) is 8.64. The summed E-state index contributed by atoms with van der Waals surface area (Å²) in [6.07, 6.45) is 2.23. The van der Waals surface area contributed by atoms with Crippen LogP contribution in [0.3, 0.4) is 0 Å². The molecular formula is C23H27FN6O2. The van der Waals surface area contributed by atoms with Crippen LogP contribution >= 0.6 is 0 Å². The van der Waals surface area contributed by atoms with Gasteiger partial charge in [0.1, 0.15) is 23.7 Å². The number of nitrogens with one attached hydrogen (secondary N) is 2. The van der Waals surface area contributed by atoms with E-state index in [1.54, 1.807) is 23.1 Å². The first-order valence-corrected chi connectivity index (χ1v) is 11.1. The van der Waals surface area contributed by atoms with Crippen molar-refractivity contribution in [3.8, 4) is 0 Å². The normalized spacial score (nSPS) is 24.6. The quantitative estimate of drug-likeness (QED) is 0.658. The molecule has 2 fully saturated rings. The van der Waals surface area contributed by atoms with Gasteiger partial charge >= 0.3 is 0 Å². The number of likely N-dealkylation sites (tertiary alicyclic amines) is 1. The molecule has 32 heavy (non-hydrogen) atoms. The number of nitrogens with zero attached hydrogens (tertiary/aromatic N) is 3. The average molecular weight is 439 g/mol. The van der Waals surface area contributed by atoms with Gasteiger partial charge in [0, 0.05) is 37.6 Å². The summed E-state index contributed by atoms with van der Waals surface area (Å²) in [6.45, 7) is 2.44. The Bertz CT molecular complexity index is 1030. The van der Waals surface area contributed by atoms with E-state index in [1.165, 1.54) is 12.1 Å². The highest BCUT2D eigenvalue weighted by molar-refractivity contribution is 5.92. The molecule has 1 aromatic heterocycles. The molecule has 0 saturated carbocycles. The molecule has 3 aliphatic rings. The molecule has 0 bridgehead atoms. The first-order chi connectivity index (χ1) is 15.5. The van der Waals surface area contributed by atoms with E-state index < -0.39 is 12.1 Å². The number of aryl methyl sites for hydroxylation is 1. The molecule has 168 valence electrons. The van der Waals surface area contributed by atoms with E-state index in [0.717, 1.165) is 36.3 Å². The van der Waals surface area contributed by atoms with Crippen LogP contribution < -0.4 is 21.3 Å². The number of piperazine rings is 1. The highest BCUT2D eigenvalue weighted by Crippen LogP contribution is 2.31. The van der Waals surface area contributed by atoms with Crippen LogP contribution in [0.15, 0.2) is 36.4 Å². The molecule has 3 heterocycles. The Kier molecular flexibility index (Phi) is 5.42. The molecule has 2 amide bonds. The van der Waals surface area contributed by atoms with E-state index in [4.69, 9.17) is 5.73 Å². The number of amides is 2. The third kappa shape index (κ3) is 3.88. The lowest BCUT2D eigenvalue weighted by Crippen LogP contribution is -2.65. The maximum atomic E-state index is 13.2. The van der Waals surface area contributed by atoms with Gasteiger partial charge in [-0.15, -0.1) is 0 Å². The monoisotopic (exact) mass is 438 g/mol. The Labute approximate surface area is 186 Å². The van der Waals surface area contributed by atoms with E-state index in [0.29, 0.717) is 31.9 Å². The van der Waals surface area contributed by atoms with Gasteiger partial charge in [-0.1, -0.05) is 6.07 Å². The SMILES string of the molecule is Nc1ccc2c(n1)CCC2NC(=O)[C@@H]1CCN1C(=O)C1CN(c2ccc(F)cc2)CCN1. The summed E-state index contributed by atoms with van der Waals surface area (Å²) in [5.74, 6) is 0.0196. The van der Waals surface area contributed by atoms with Crippen LogP contribution in [0.5, 0.6) is 0 Å². The number of pyridine rings is 1. The number of carbonyl (C=O) groups excluding carboxylic acids is 2. The van der Waals surface area contributed by atoms with Gasteiger partial charge in [0.25, 0.3) is 0 Å². The highest BCUT2D eigenvalue weighted by Gasteiger charge is 2.42. The predicted molar refractivity (Wildman–Crippen MR) is 118 cm³/mol. The minimum Gasteiger partial charge on any atom is -0.384 e. The largest absolute Gasteiger partial charge is 0.384 e. The molecule has 1 aromatic carbocycles. The van der Waals surface area contributed by atoms with Crippen LogP contribution in [0.25, 0.3) is 0 Å². The second-order valence-electron chi connectivity index (χ2n) is 8.64. The van der Waals surface area contributed by atoms with Crippen LogP contribution in [0.2, 0.25) is 0 Å². The van der Waals surface area contributed by atoms with E-state index in [-0.39, 0.29) is 23.7 Å². The average Bonchev–Trinajstić information content (AvgIpc) is 3.15. The molecular weight excluding hydrogens is 411 g/mol. The second kappa shape index (κ2) is 8.38. The molecule has 8 nitrogen and oxygen atoms in total.